The number of rotatable bonds is 4. The molecule has 1 heterocycles. The van der Waals surface area contributed by atoms with Crippen LogP contribution in [0.1, 0.15) is 32.1 Å². The molecule has 2 nitrogen and oxygen atoms in total. The third-order valence-corrected chi connectivity index (χ3v) is 4.75. The predicted octanol–water partition coefficient (Wildman–Crippen LogP) is 3.70. The van der Waals surface area contributed by atoms with E-state index in [1.54, 1.807) is 0 Å². The summed E-state index contributed by atoms with van der Waals surface area (Å²) >= 11 is 6.09. The van der Waals surface area contributed by atoms with Crippen LogP contribution in [0.2, 0.25) is 5.02 Å². The van der Waals surface area contributed by atoms with E-state index >= 15 is 0 Å². The van der Waals surface area contributed by atoms with Crippen molar-refractivity contribution < 1.29 is 0 Å². The Hall–Kier alpha value is -0.730. The molecule has 1 aliphatic carbocycles. The lowest BCUT2D eigenvalue weighted by molar-refractivity contribution is 0.280. The van der Waals surface area contributed by atoms with Crippen LogP contribution in [-0.4, -0.2) is 25.7 Å². The normalized spacial score (nSPS) is 24.3. The topological polar surface area (TPSA) is 15.3 Å². The summed E-state index contributed by atoms with van der Waals surface area (Å²) in [5, 5.41) is 4.60. The van der Waals surface area contributed by atoms with Gasteiger partial charge in [0.15, 0.2) is 0 Å². The fourth-order valence-corrected chi connectivity index (χ4v) is 3.27. The van der Waals surface area contributed by atoms with Gasteiger partial charge in [-0.25, -0.2) is 0 Å². The van der Waals surface area contributed by atoms with Crippen molar-refractivity contribution in [2.24, 2.45) is 5.92 Å². The van der Waals surface area contributed by atoms with Crippen LogP contribution < -0.4 is 10.2 Å². The number of nitrogens with zero attached hydrogens (tertiary/aromatic N) is 1. The quantitative estimate of drug-likeness (QED) is 0.903. The summed E-state index contributed by atoms with van der Waals surface area (Å²) in [7, 11) is 0. The highest BCUT2D eigenvalue weighted by Gasteiger charge is 2.22. The van der Waals surface area contributed by atoms with Gasteiger partial charge in [0.05, 0.1) is 0 Å². The van der Waals surface area contributed by atoms with Gasteiger partial charge in [-0.2, -0.15) is 0 Å². The van der Waals surface area contributed by atoms with Crippen LogP contribution in [0.25, 0.3) is 0 Å². The van der Waals surface area contributed by atoms with Crippen LogP contribution in [0.5, 0.6) is 0 Å². The first-order valence-corrected chi connectivity index (χ1v) is 7.93. The van der Waals surface area contributed by atoms with Crippen molar-refractivity contribution in [2.45, 2.75) is 38.1 Å². The Bertz CT molecular complexity index is 417. The summed E-state index contributed by atoms with van der Waals surface area (Å²) in [6.45, 7) is 3.49. The van der Waals surface area contributed by atoms with E-state index in [0.29, 0.717) is 6.04 Å². The Kier molecular flexibility index (Phi) is 4.29. The second kappa shape index (κ2) is 6.15. The number of nitrogens with one attached hydrogen (secondary N) is 1. The van der Waals surface area contributed by atoms with Gasteiger partial charge in [0.25, 0.3) is 0 Å². The van der Waals surface area contributed by atoms with Crippen molar-refractivity contribution in [3.05, 3.63) is 29.3 Å². The summed E-state index contributed by atoms with van der Waals surface area (Å²) in [5.74, 6) is 0.946. The summed E-state index contributed by atoms with van der Waals surface area (Å²) in [6.07, 6.45) is 6.87. The minimum atomic E-state index is 0.647. The molecule has 104 valence electrons. The Morgan fingerprint density at radius 2 is 2.11 bits per heavy atom. The second-order valence-corrected chi connectivity index (χ2v) is 6.41. The minimum absolute atomic E-state index is 0.647. The molecule has 19 heavy (non-hydrogen) atoms. The van der Waals surface area contributed by atoms with E-state index in [9.17, 15) is 0 Å². The Morgan fingerprint density at radius 3 is 2.84 bits per heavy atom. The number of piperidine rings is 1. The number of halogens is 1. The van der Waals surface area contributed by atoms with Crippen molar-refractivity contribution in [1.82, 2.24) is 5.32 Å². The monoisotopic (exact) mass is 278 g/mol. The molecule has 1 N–H and O–H groups in total. The van der Waals surface area contributed by atoms with E-state index in [-0.39, 0.29) is 0 Å². The Morgan fingerprint density at radius 1 is 1.21 bits per heavy atom. The third-order valence-electron chi connectivity index (χ3n) is 4.51. The van der Waals surface area contributed by atoms with Gasteiger partial charge >= 0.3 is 0 Å². The minimum Gasteiger partial charge on any atom is -0.370 e. The van der Waals surface area contributed by atoms with Gasteiger partial charge in [-0.1, -0.05) is 24.1 Å². The highest BCUT2D eigenvalue weighted by atomic mass is 35.5. The lowest BCUT2D eigenvalue weighted by Crippen LogP contribution is -2.47. The van der Waals surface area contributed by atoms with E-state index in [4.69, 9.17) is 11.6 Å². The highest BCUT2D eigenvalue weighted by molar-refractivity contribution is 6.30. The van der Waals surface area contributed by atoms with Gasteiger partial charge in [0.2, 0.25) is 0 Å². The number of hydrogen-bond acceptors (Lipinski definition) is 2. The molecule has 1 atom stereocenters. The fourth-order valence-electron chi connectivity index (χ4n) is 3.08. The van der Waals surface area contributed by atoms with Crippen LogP contribution >= 0.6 is 11.6 Å². The molecule has 2 aliphatic rings. The third kappa shape index (κ3) is 3.43. The molecule has 1 aliphatic heterocycles. The van der Waals surface area contributed by atoms with Gasteiger partial charge in [0.1, 0.15) is 0 Å². The first-order valence-electron chi connectivity index (χ1n) is 7.55. The average Bonchev–Trinajstić information content (AvgIpc) is 2.37. The van der Waals surface area contributed by atoms with Gasteiger partial charge in [0, 0.05) is 29.8 Å². The molecule has 1 aromatic rings. The molecule has 1 saturated carbocycles. The maximum atomic E-state index is 6.09. The largest absolute Gasteiger partial charge is 0.370 e. The number of hydrogen-bond donors (Lipinski definition) is 1. The van der Waals surface area contributed by atoms with Crippen molar-refractivity contribution in [1.29, 1.82) is 0 Å². The zero-order valence-corrected chi connectivity index (χ0v) is 12.2. The number of benzene rings is 1. The van der Waals surface area contributed by atoms with Gasteiger partial charge in [-0.15, -0.1) is 0 Å². The van der Waals surface area contributed by atoms with Crippen molar-refractivity contribution in [3.63, 3.8) is 0 Å². The van der Waals surface area contributed by atoms with E-state index in [0.717, 1.165) is 24.0 Å². The maximum Gasteiger partial charge on any atom is 0.0426 e. The summed E-state index contributed by atoms with van der Waals surface area (Å²) < 4.78 is 0. The molecule has 0 bridgehead atoms. The maximum absolute atomic E-state index is 6.09. The van der Waals surface area contributed by atoms with Crippen LogP contribution in [-0.2, 0) is 0 Å². The van der Waals surface area contributed by atoms with Crippen molar-refractivity contribution in [2.75, 3.05) is 24.5 Å². The van der Waals surface area contributed by atoms with E-state index in [2.05, 4.69) is 22.3 Å². The molecule has 2 fully saturated rings. The van der Waals surface area contributed by atoms with Gasteiger partial charge in [-0.05, 0) is 56.3 Å². The van der Waals surface area contributed by atoms with Gasteiger partial charge < -0.3 is 10.2 Å². The van der Waals surface area contributed by atoms with Crippen LogP contribution in [0.15, 0.2) is 24.3 Å². The molecule has 3 heteroatoms. The number of anilines is 1. The summed E-state index contributed by atoms with van der Waals surface area (Å²) in [4.78, 5) is 2.47. The zero-order valence-electron chi connectivity index (χ0n) is 11.4. The smallest absolute Gasteiger partial charge is 0.0426 e. The Balaban J connectivity index is 1.54. The average molecular weight is 279 g/mol. The van der Waals surface area contributed by atoms with Crippen molar-refractivity contribution in [3.8, 4) is 0 Å². The molecular formula is C16H23ClN2. The molecule has 0 spiro atoms. The fraction of sp³-hybridized carbons (Fsp3) is 0.625. The Labute approximate surface area is 121 Å². The zero-order chi connectivity index (χ0) is 13.1. The van der Waals surface area contributed by atoms with Gasteiger partial charge in [-0.3, -0.25) is 0 Å². The highest BCUT2D eigenvalue weighted by Crippen LogP contribution is 2.26. The molecule has 0 aromatic heterocycles. The van der Waals surface area contributed by atoms with E-state index in [1.165, 1.54) is 44.3 Å². The molecule has 1 aromatic carbocycles. The molecule has 0 amide bonds. The lowest BCUT2D eigenvalue weighted by atomic mass is 9.85. The standard InChI is InChI=1S/C16H23ClN2/c17-14-6-2-8-16(10-14)19-9-3-7-15(12-19)18-11-13-4-1-5-13/h2,6,8,10,13,15,18H,1,3-5,7,9,11-12H2. The van der Waals surface area contributed by atoms with E-state index < -0.39 is 0 Å². The summed E-state index contributed by atoms with van der Waals surface area (Å²) in [6, 6.07) is 8.88. The van der Waals surface area contributed by atoms with E-state index in [1.807, 2.05) is 12.1 Å². The molecule has 1 unspecified atom stereocenters. The SMILES string of the molecule is Clc1cccc(N2CCCC(NCC3CCC3)C2)c1. The summed E-state index contributed by atoms with van der Waals surface area (Å²) in [5.41, 5.74) is 1.27. The van der Waals surface area contributed by atoms with Crippen LogP contribution in [0.3, 0.4) is 0 Å². The van der Waals surface area contributed by atoms with Crippen LogP contribution in [0.4, 0.5) is 5.69 Å². The molecular weight excluding hydrogens is 256 g/mol. The predicted molar refractivity (Wildman–Crippen MR) is 82.0 cm³/mol. The second-order valence-electron chi connectivity index (χ2n) is 5.97. The van der Waals surface area contributed by atoms with Crippen molar-refractivity contribution >= 4 is 17.3 Å². The molecule has 0 radical (unpaired) electrons. The first kappa shape index (κ1) is 13.3. The molecule has 3 rings (SSSR count). The first-order chi connectivity index (χ1) is 9.31. The molecule has 1 saturated heterocycles. The lowest BCUT2D eigenvalue weighted by Gasteiger charge is -2.36. The van der Waals surface area contributed by atoms with Crippen LogP contribution in [0, 0.1) is 5.92 Å².